The van der Waals surface area contributed by atoms with Crippen molar-refractivity contribution in [3.8, 4) is 0 Å². The SMILES string of the molecule is Cc1nc2ccccc2n1CCCNC(=O)c1ccccc1NS(C)(=O)=O. The van der Waals surface area contributed by atoms with Crippen LogP contribution in [0.5, 0.6) is 0 Å². The molecule has 0 radical (unpaired) electrons. The normalized spacial score (nSPS) is 11.5. The van der Waals surface area contributed by atoms with E-state index >= 15 is 0 Å². The van der Waals surface area contributed by atoms with Crippen molar-refractivity contribution in [1.29, 1.82) is 0 Å². The smallest absolute Gasteiger partial charge is 0.253 e. The van der Waals surface area contributed by atoms with Crippen LogP contribution in [0, 0.1) is 6.92 Å². The Morgan fingerprint density at radius 1 is 1.11 bits per heavy atom. The van der Waals surface area contributed by atoms with Gasteiger partial charge in [0, 0.05) is 13.1 Å². The molecule has 3 rings (SSSR count). The Bertz CT molecular complexity index is 1070. The number of imidazole rings is 1. The summed E-state index contributed by atoms with van der Waals surface area (Å²) < 4.78 is 27.4. The van der Waals surface area contributed by atoms with Gasteiger partial charge in [-0.25, -0.2) is 13.4 Å². The largest absolute Gasteiger partial charge is 0.352 e. The van der Waals surface area contributed by atoms with Gasteiger partial charge in [0.15, 0.2) is 0 Å². The van der Waals surface area contributed by atoms with E-state index < -0.39 is 10.0 Å². The van der Waals surface area contributed by atoms with Crippen molar-refractivity contribution >= 4 is 32.7 Å². The van der Waals surface area contributed by atoms with Crippen LogP contribution in [0.2, 0.25) is 0 Å². The van der Waals surface area contributed by atoms with Crippen molar-refractivity contribution in [3.63, 3.8) is 0 Å². The Morgan fingerprint density at radius 2 is 1.81 bits per heavy atom. The molecule has 0 aliphatic heterocycles. The van der Waals surface area contributed by atoms with Crippen molar-refractivity contribution in [2.24, 2.45) is 0 Å². The molecule has 27 heavy (non-hydrogen) atoms. The molecule has 2 aromatic carbocycles. The number of nitrogens with zero attached hydrogens (tertiary/aromatic N) is 2. The molecule has 2 N–H and O–H groups in total. The number of amides is 1. The quantitative estimate of drug-likeness (QED) is 0.610. The predicted molar refractivity (Wildman–Crippen MR) is 106 cm³/mol. The van der Waals surface area contributed by atoms with Crippen molar-refractivity contribution in [1.82, 2.24) is 14.9 Å². The third kappa shape index (κ3) is 4.65. The fourth-order valence-corrected chi connectivity index (χ4v) is 3.56. The first-order valence-electron chi connectivity index (χ1n) is 8.62. The summed E-state index contributed by atoms with van der Waals surface area (Å²) in [7, 11) is -3.45. The van der Waals surface area contributed by atoms with Gasteiger partial charge in [-0.05, 0) is 37.6 Å². The van der Waals surface area contributed by atoms with E-state index in [0.717, 1.165) is 36.1 Å². The molecule has 3 aromatic rings. The summed E-state index contributed by atoms with van der Waals surface area (Å²) in [6.07, 6.45) is 1.79. The van der Waals surface area contributed by atoms with Gasteiger partial charge < -0.3 is 9.88 Å². The molecule has 8 heteroatoms. The average Bonchev–Trinajstić information content (AvgIpc) is 2.93. The van der Waals surface area contributed by atoms with Gasteiger partial charge in [0.25, 0.3) is 5.91 Å². The highest BCUT2D eigenvalue weighted by Crippen LogP contribution is 2.17. The molecule has 0 atom stereocenters. The lowest BCUT2D eigenvalue weighted by molar-refractivity contribution is 0.0953. The summed E-state index contributed by atoms with van der Waals surface area (Å²) in [6, 6.07) is 14.5. The third-order valence-corrected chi connectivity index (χ3v) is 4.75. The van der Waals surface area contributed by atoms with Crippen LogP contribution in [0.1, 0.15) is 22.6 Å². The molecule has 1 aromatic heterocycles. The molecule has 1 amide bonds. The number of aryl methyl sites for hydroxylation is 2. The highest BCUT2D eigenvalue weighted by atomic mass is 32.2. The second-order valence-electron chi connectivity index (χ2n) is 6.33. The maximum atomic E-state index is 12.4. The number of nitrogens with one attached hydrogen (secondary N) is 2. The number of benzene rings is 2. The second-order valence-corrected chi connectivity index (χ2v) is 8.08. The van der Waals surface area contributed by atoms with Crippen molar-refractivity contribution in [2.75, 3.05) is 17.5 Å². The Balaban J connectivity index is 1.61. The molecular formula is C19H22N4O3S. The minimum Gasteiger partial charge on any atom is -0.352 e. The van der Waals surface area contributed by atoms with Gasteiger partial charge in [-0.15, -0.1) is 0 Å². The zero-order valence-corrected chi connectivity index (χ0v) is 16.1. The highest BCUT2D eigenvalue weighted by Gasteiger charge is 2.13. The number of carbonyl (C=O) groups is 1. The van der Waals surface area contributed by atoms with Gasteiger partial charge in [0.05, 0.1) is 28.5 Å². The van der Waals surface area contributed by atoms with Gasteiger partial charge in [0.1, 0.15) is 5.82 Å². The molecule has 0 fully saturated rings. The van der Waals surface area contributed by atoms with Crippen LogP contribution in [0.25, 0.3) is 11.0 Å². The highest BCUT2D eigenvalue weighted by molar-refractivity contribution is 7.92. The number of aromatic nitrogens is 2. The van der Waals surface area contributed by atoms with Gasteiger partial charge in [0.2, 0.25) is 10.0 Å². The number of hydrogen-bond acceptors (Lipinski definition) is 4. The van der Waals surface area contributed by atoms with Gasteiger partial charge >= 0.3 is 0 Å². The van der Waals surface area contributed by atoms with Crippen LogP contribution < -0.4 is 10.0 Å². The molecule has 0 aliphatic carbocycles. The summed E-state index contributed by atoms with van der Waals surface area (Å²) in [6.45, 7) is 3.17. The van der Waals surface area contributed by atoms with E-state index in [4.69, 9.17) is 0 Å². The first-order valence-corrected chi connectivity index (χ1v) is 10.5. The molecule has 0 saturated carbocycles. The number of para-hydroxylation sites is 3. The molecule has 0 bridgehead atoms. The predicted octanol–water partition coefficient (Wildman–Crippen LogP) is 2.54. The maximum absolute atomic E-state index is 12.4. The molecule has 0 saturated heterocycles. The maximum Gasteiger partial charge on any atom is 0.253 e. The third-order valence-electron chi connectivity index (χ3n) is 4.16. The van der Waals surface area contributed by atoms with Crippen LogP contribution in [0.15, 0.2) is 48.5 Å². The number of hydrogen-bond donors (Lipinski definition) is 2. The molecule has 0 spiro atoms. The molecule has 0 aliphatic rings. The van der Waals surface area contributed by atoms with E-state index in [9.17, 15) is 13.2 Å². The van der Waals surface area contributed by atoms with E-state index in [-0.39, 0.29) is 11.6 Å². The van der Waals surface area contributed by atoms with Gasteiger partial charge in [-0.1, -0.05) is 24.3 Å². The topological polar surface area (TPSA) is 93.1 Å². The number of anilines is 1. The van der Waals surface area contributed by atoms with E-state index in [1.54, 1.807) is 24.3 Å². The van der Waals surface area contributed by atoms with Crippen molar-refractivity contribution in [2.45, 2.75) is 19.9 Å². The van der Waals surface area contributed by atoms with Gasteiger partial charge in [-0.3, -0.25) is 9.52 Å². The number of carbonyl (C=O) groups excluding carboxylic acids is 1. The Kier molecular flexibility index (Phi) is 5.46. The van der Waals surface area contributed by atoms with Crippen LogP contribution in [-0.2, 0) is 16.6 Å². The molecule has 142 valence electrons. The molecular weight excluding hydrogens is 364 g/mol. The standard InChI is InChI=1S/C19H22N4O3S/c1-14-21-17-10-5-6-11-18(17)23(14)13-7-12-20-19(24)15-8-3-4-9-16(15)22-27(2,25)26/h3-6,8-11,22H,7,12-13H2,1-2H3,(H,20,24). The fourth-order valence-electron chi connectivity index (χ4n) is 2.98. The summed E-state index contributed by atoms with van der Waals surface area (Å²) in [5.41, 5.74) is 2.60. The van der Waals surface area contributed by atoms with Crippen LogP contribution in [0.3, 0.4) is 0 Å². The minimum absolute atomic E-state index is 0.272. The Labute approximate surface area is 158 Å². The summed E-state index contributed by atoms with van der Waals surface area (Å²) in [4.78, 5) is 17.0. The molecule has 7 nitrogen and oxygen atoms in total. The number of rotatable bonds is 7. The summed E-state index contributed by atoms with van der Waals surface area (Å²) in [5, 5.41) is 2.85. The lowest BCUT2D eigenvalue weighted by atomic mass is 10.1. The lowest BCUT2D eigenvalue weighted by Gasteiger charge is -2.11. The Morgan fingerprint density at radius 3 is 2.59 bits per heavy atom. The zero-order chi connectivity index (χ0) is 19.4. The summed E-state index contributed by atoms with van der Waals surface area (Å²) in [5.74, 6) is 0.624. The monoisotopic (exact) mass is 386 g/mol. The second kappa shape index (κ2) is 7.79. The van der Waals surface area contributed by atoms with E-state index in [2.05, 4.69) is 19.6 Å². The summed E-state index contributed by atoms with van der Waals surface area (Å²) >= 11 is 0. The fraction of sp³-hybridized carbons (Fsp3) is 0.263. The number of fused-ring (bicyclic) bond motifs is 1. The Hall–Kier alpha value is -2.87. The average molecular weight is 386 g/mol. The van der Waals surface area contributed by atoms with Gasteiger partial charge in [-0.2, -0.15) is 0 Å². The minimum atomic E-state index is -3.45. The molecule has 1 heterocycles. The van der Waals surface area contributed by atoms with Crippen molar-refractivity contribution in [3.05, 3.63) is 59.9 Å². The first-order chi connectivity index (χ1) is 12.8. The van der Waals surface area contributed by atoms with E-state index in [0.29, 0.717) is 12.1 Å². The molecule has 0 unspecified atom stereocenters. The first kappa shape index (κ1) is 18.9. The zero-order valence-electron chi connectivity index (χ0n) is 15.3. The van der Waals surface area contributed by atoms with Crippen molar-refractivity contribution < 1.29 is 13.2 Å². The van der Waals surface area contributed by atoms with Crippen LogP contribution >= 0.6 is 0 Å². The van der Waals surface area contributed by atoms with E-state index in [1.807, 2.05) is 31.2 Å². The van der Waals surface area contributed by atoms with Crippen LogP contribution in [-0.4, -0.2) is 36.7 Å². The van der Waals surface area contributed by atoms with Crippen LogP contribution in [0.4, 0.5) is 5.69 Å². The number of sulfonamides is 1. The van der Waals surface area contributed by atoms with E-state index in [1.165, 1.54) is 0 Å². The lowest BCUT2D eigenvalue weighted by Crippen LogP contribution is -2.26.